The Bertz CT molecular complexity index is 596. The van der Waals surface area contributed by atoms with Gasteiger partial charge in [-0.15, -0.1) is 0 Å². The Morgan fingerprint density at radius 1 is 1.24 bits per heavy atom. The van der Waals surface area contributed by atoms with E-state index in [-0.39, 0.29) is 11.4 Å². The Labute approximate surface area is 126 Å². The number of likely N-dealkylation sites (N-methyl/N-ethyl adjacent to an activating group) is 1. The molecule has 2 heterocycles. The zero-order valence-corrected chi connectivity index (χ0v) is 13.2. The van der Waals surface area contributed by atoms with Crippen LogP contribution in [0.1, 0.15) is 36.7 Å². The van der Waals surface area contributed by atoms with E-state index in [2.05, 4.69) is 30.3 Å². The van der Waals surface area contributed by atoms with Crippen molar-refractivity contribution in [3.05, 3.63) is 54.1 Å². The van der Waals surface area contributed by atoms with Crippen LogP contribution >= 0.6 is 0 Å². The molecule has 0 atom stereocenters. The third kappa shape index (κ3) is 3.94. The van der Waals surface area contributed by atoms with Crippen LogP contribution < -0.4 is 0 Å². The van der Waals surface area contributed by atoms with Crippen LogP contribution in [0.15, 0.2) is 43.0 Å². The number of pyridine rings is 1. The molecule has 0 N–H and O–H groups in total. The fourth-order valence-corrected chi connectivity index (χ4v) is 2.11. The predicted octanol–water partition coefficient (Wildman–Crippen LogP) is 2.95. The molecule has 0 saturated carbocycles. The lowest BCUT2D eigenvalue weighted by molar-refractivity contribution is 0.0796. The highest BCUT2D eigenvalue weighted by atomic mass is 16.2. The van der Waals surface area contributed by atoms with Gasteiger partial charge >= 0.3 is 0 Å². The molecule has 21 heavy (non-hydrogen) atoms. The van der Waals surface area contributed by atoms with Crippen LogP contribution in [0, 0.1) is 0 Å². The SMILES string of the molecule is CN(CCc1ccncc1)C(=O)c1ccn(C(C)(C)C)c1. The van der Waals surface area contributed by atoms with Crippen molar-refractivity contribution in [2.45, 2.75) is 32.7 Å². The maximum absolute atomic E-state index is 12.4. The van der Waals surface area contributed by atoms with E-state index in [1.54, 1.807) is 17.3 Å². The van der Waals surface area contributed by atoms with E-state index in [0.717, 1.165) is 12.0 Å². The number of aromatic nitrogens is 2. The van der Waals surface area contributed by atoms with Crippen molar-refractivity contribution in [3.63, 3.8) is 0 Å². The monoisotopic (exact) mass is 285 g/mol. The third-order valence-corrected chi connectivity index (χ3v) is 3.55. The summed E-state index contributed by atoms with van der Waals surface area (Å²) in [5.74, 6) is 0.0621. The van der Waals surface area contributed by atoms with Gasteiger partial charge in [0, 0.05) is 43.9 Å². The molecule has 0 saturated heterocycles. The minimum Gasteiger partial charge on any atom is -0.348 e. The summed E-state index contributed by atoms with van der Waals surface area (Å²) in [6, 6.07) is 5.85. The van der Waals surface area contributed by atoms with Crippen LogP contribution in [0.3, 0.4) is 0 Å². The molecule has 0 spiro atoms. The first kappa shape index (κ1) is 15.3. The van der Waals surface area contributed by atoms with Crippen LogP contribution in [0.25, 0.3) is 0 Å². The van der Waals surface area contributed by atoms with Crippen molar-refractivity contribution in [1.82, 2.24) is 14.5 Å². The Balaban J connectivity index is 1.98. The molecule has 0 aliphatic heterocycles. The van der Waals surface area contributed by atoms with E-state index < -0.39 is 0 Å². The zero-order valence-electron chi connectivity index (χ0n) is 13.2. The summed E-state index contributed by atoms with van der Waals surface area (Å²) < 4.78 is 2.07. The highest BCUT2D eigenvalue weighted by Gasteiger charge is 2.17. The lowest BCUT2D eigenvalue weighted by atomic mass is 10.1. The first-order chi connectivity index (χ1) is 9.88. The number of carbonyl (C=O) groups is 1. The fraction of sp³-hybridized carbons (Fsp3) is 0.412. The summed E-state index contributed by atoms with van der Waals surface area (Å²) >= 11 is 0. The summed E-state index contributed by atoms with van der Waals surface area (Å²) in [5, 5.41) is 0. The van der Waals surface area contributed by atoms with Crippen molar-refractivity contribution in [2.75, 3.05) is 13.6 Å². The fourth-order valence-electron chi connectivity index (χ4n) is 2.11. The maximum atomic E-state index is 12.4. The van der Waals surface area contributed by atoms with Crippen LogP contribution in [0.2, 0.25) is 0 Å². The second-order valence-electron chi connectivity index (χ2n) is 6.31. The summed E-state index contributed by atoms with van der Waals surface area (Å²) in [4.78, 5) is 18.2. The molecule has 0 unspecified atom stereocenters. The van der Waals surface area contributed by atoms with Crippen LogP contribution in [0.5, 0.6) is 0 Å². The summed E-state index contributed by atoms with van der Waals surface area (Å²) in [6.45, 7) is 7.06. The van der Waals surface area contributed by atoms with Gasteiger partial charge in [0.1, 0.15) is 0 Å². The van der Waals surface area contributed by atoms with Gasteiger partial charge in [0.25, 0.3) is 5.91 Å². The van der Waals surface area contributed by atoms with Crippen LogP contribution in [-0.2, 0) is 12.0 Å². The van der Waals surface area contributed by atoms with Crippen molar-refractivity contribution in [2.24, 2.45) is 0 Å². The minimum absolute atomic E-state index is 0.00581. The van der Waals surface area contributed by atoms with Crippen molar-refractivity contribution in [1.29, 1.82) is 0 Å². The highest BCUT2D eigenvalue weighted by molar-refractivity contribution is 5.93. The quantitative estimate of drug-likeness (QED) is 0.866. The number of hydrogen-bond acceptors (Lipinski definition) is 2. The first-order valence-corrected chi connectivity index (χ1v) is 7.21. The van der Waals surface area contributed by atoms with Gasteiger partial charge < -0.3 is 9.47 Å². The number of nitrogens with zero attached hydrogens (tertiary/aromatic N) is 3. The largest absolute Gasteiger partial charge is 0.348 e. The van der Waals surface area contributed by atoms with Gasteiger partial charge in [0.15, 0.2) is 0 Å². The van der Waals surface area contributed by atoms with E-state index in [9.17, 15) is 4.79 Å². The molecule has 1 amide bonds. The maximum Gasteiger partial charge on any atom is 0.255 e. The van der Waals surface area contributed by atoms with E-state index >= 15 is 0 Å². The Kier molecular flexibility index (Phi) is 4.46. The third-order valence-electron chi connectivity index (χ3n) is 3.55. The predicted molar refractivity (Wildman–Crippen MR) is 84.3 cm³/mol. The van der Waals surface area contributed by atoms with E-state index in [1.807, 2.05) is 37.6 Å². The lowest BCUT2D eigenvalue weighted by Gasteiger charge is -2.21. The molecular formula is C17H23N3O. The van der Waals surface area contributed by atoms with E-state index in [1.165, 1.54) is 5.56 Å². The molecule has 2 aromatic rings. The Morgan fingerprint density at radius 3 is 2.48 bits per heavy atom. The molecule has 0 radical (unpaired) electrons. The molecule has 0 aliphatic rings. The van der Waals surface area contributed by atoms with Crippen molar-refractivity contribution < 1.29 is 4.79 Å². The molecule has 4 nitrogen and oxygen atoms in total. The van der Waals surface area contributed by atoms with Crippen LogP contribution in [-0.4, -0.2) is 34.0 Å². The lowest BCUT2D eigenvalue weighted by Crippen LogP contribution is -2.28. The summed E-state index contributed by atoms with van der Waals surface area (Å²) in [6.07, 6.45) is 8.28. The zero-order chi connectivity index (χ0) is 15.5. The highest BCUT2D eigenvalue weighted by Crippen LogP contribution is 2.16. The van der Waals surface area contributed by atoms with Crippen LogP contribution in [0.4, 0.5) is 0 Å². The molecule has 0 aliphatic carbocycles. The molecule has 4 heteroatoms. The number of amides is 1. The number of hydrogen-bond donors (Lipinski definition) is 0. The van der Waals surface area contributed by atoms with E-state index in [0.29, 0.717) is 6.54 Å². The van der Waals surface area contributed by atoms with Crippen molar-refractivity contribution >= 4 is 5.91 Å². The molecule has 2 aromatic heterocycles. The summed E-state index contributed by atoms with van der Waals surface area (Å²) in [7, 11) is 1.85. The van der Waals surface area contributed by atoms with Gasteiger partial charge in [-0.1, -0.05) is 0 Å². The second-order valence-corrected chi connectivity index (χ2v) is 6.31. The Morgan fingerprint density at radius 2 is 1.90 bits per heavy atom. The Hall–Kier alpha value is -2.10. The molecule has 2 rings (SSSR count). The van der Waals surface area contributed by atoms with Crippen molar-refractivity contribution in [3.8, 4) is 0 Å². The number of rotatable bonds is 4. The molecule has 0 fully saturated rings. The average molecular weight is 285 g/mol. The average Bonchev–Trinajstić information content (AvgIpc) is 2.95. The smallest absolute Gasteiger partial charge is 0.255 e. The van der Waals surface area contributed by atoms with Gasteiger partial charge in [-0.25, -0.2) is 0 Å². The second kappa shape index (κ2) is 6.12. The topological polar surface area (TPSA) is 38.1 Å². The normalized spacial score (nSPS) is 11.4. The summed E-state index contributed by atoms with van der Waals surface area (Å²) in [5.41, 5.74) is 1.92. The molecule has 0 bridgehead atoms. The van der Waals surface area contributed by atoms with Gasteiger partial charge in [0.05, 0.1) is 5.56 Å². The van der Waals surface area contributed by atoms with Gasteiger partial charge in [-0.2, -0.15) is 0 Å². The number of carbonyl (C=O) groups excluding carboxylic acids is 1. The standard InChI is InChI=1S/C17H23N3O/c1-17(2,3)20-12-8-15(13-20)16(21)19(4)11-7-14-5-9-18-10-6-14/h5-6,8-10,12-13H,7,11H2,1-4H3. The first-order valence-electron chi connectivity index (χ1n) is 7.21. The van der Waals surface area contributed by atoms with E-state index in [4.69, 9.17) is 0 Å². The molecule has 112 valence electrons. The van der Waals surface area contributed by atoms with Gasteiger partial charge in [-0.3, -0.25) is 9.78 Å². The minimum atomic E-state index is -0.00581. The molecular weight excluding hydrogens is 262 g/mol. The van der Waals surface area contributed by atoms with Gasteiger partial charge in [-0.05, 0) is 51.0 Å². The molecule has 0 aromatic carbocycles. The van der Waals surface area contributed by atoms with Gasteiger partial charge in [0.2, 0.25) is 0 Å².